The average Bonchev–Trinajstić information content (AvgIpc) is 1.35. The van der Waals surface area contributed by atoms with Crippen LogP contribution in [0.15, 0.2) is 0 Å². The maximum Gasteiger partial charge on any atom is -0.0240 e. The summed E-state index contributed by atoms with van der Waals surface area (Å²) in [5.74, 6) is 0.834. The van der Waals surface area contributed by atoms with Crippen molar-refractivity contribution in [2.24, 2.45) is 5.92 Å². The smallest absolute Gasteiger partial charge is 0.0240 e. The van der Waals surface area contributed by atoms with E-state index in [4.69, 9.17) is 0 Å². The van der Waals surface area contributed by atoms with Crippen molar-refractivity contribution in [3.63, 3.8) is 0 Å². The Balaban J connectivity index is 2.63. The Morgan fingerprint density at radius 3 is 2.17 bits per heavy atom. The topological polar surface area (TPSA) is 0 Å². The molecule has 0 radical (unpaired) electrons. The second-order valence-electron chi connectivity index (χ2n) is 1.76. The molecule has 2 heteroatoms. The van der Waals surface area contributed by atoms with E-state index in [2.05, 4.69) is 26.1 Å². The van der Waals surface area contributed by atoms with Crippen LogP contribution in [0.5, 0.6) is 0 Å². The molecule has 0 amide bonds. The predicted octanol–water partition coefficient (Wildman–Crippen LogP) is 2.17. The van der Waals surface area contributed by atoms with Gasteiger partial charge in [-0.3, -0.25) is 0 Å². The third kappa shape index (κ3) is 4.78. The van der Waals surface area contributed by atoms with Gasteiger partial charge in [0.15, 0.2) is 0 Å². The third-order valence-electron chi connectivity index (χ3n) is 0.500. The van der Waals surface area contributed by atoms with E-state index >= 15 is 0 Å². The first-order chi connectivity index (χ1) is 2.77. The monoisotopic (exact) mass is 122 g/mol. The highest BCUT2D eigenvalue weighted by Gasteiger charge is 1.86. The normalized spacial score (nSPS) is 12.0. The Hall–Kier alpha value is 0.780. The SMILES string of the molecule is CC(C)CPS. The molecule has 38 valence electrons. The van der Waals surface area contributed by atoms with Crippen LogP contribution in [-0.2, 0) is 0 Å². The Kier molecular flexibility index (Phi) is 4.47. The van der Waals surface area contributed by atoms with Crippen LogP contribution in [0.2, 0.25) is 0 Å². The van der Waals surface area contributed by atoms with Crippen LogP contribution < -0.4 is 0 Å². The number of thiol groups is 1. The number of hydrogen-bond donors (Lipinski definition) is 1. The molecule has 0 N–H and O–H groups in total. The van der Waals surface area contributed by atoms with E-state index in [1.165, 1.54) is 6.16 Å². The van der Waals surface area contributed by atoms with Gasteiger partial charge >= 0.3 is 0 Å². The van der Waals surface area contributed by atoms with Gasteiger partial charge in [0.1, 0.15) is 0 Å². The van der Waals surface area contributed by atoms with Crippen molar-refractivity contribution in [2.45, 2.75) is 13.8 Å². The highest BCUT2D eigenvalue weighted by molar-refractivity contribution is 8.38. The Morgan fingerprint density at radius 2 is 2.17 bits per heavy atom. The molecule has 0 saturated carbocycles. The highest BCUT2D eigenvalue weighted by atomic mass is 32.7. The molecule has 0 fully saturated rings. The summed E-state index contributed by atoms with van der Waals surface area (Å²) in [5, 5.41) is 0. The van der Waals surface area contributed by atoms with Crippen LogP contribution in [0.3, 0.4) is 0 Å². The van der Waals surface area contributed by atoms with Gasteiger partial charge in [0.25, 0.3) is 0 Å². The zero-order valence-electron chi connectivity index (χ0n) is 4.23. The summed E-state index contributed by atoms with van der Waals surface area (Å²) < 4.78 is 0. The van der Waals surface area contributed by atoms with E-state index in [9.17, 15) is 0 Å². The zero-order valence-corrected chi connectivity index (χ0v) is 6.13. The molecule has 1 unspecified atom stereocenters. The molecule has 1 atom stereocenters. The first kappa shape index (κ1) is 6.78. The van der Waals surface area contributed by atoms with E-state index in [0.29, 0.717) is 0 Å². The first-order valence-corrected chi connectivity index (χ1v) is 4.64. The van der Waals surface area contributed by atoms with Crippen molar-refractivity contribution in [3.05, 3.63) is 0 Å². The van der Waals surface area contributed by atoms with Gasteiger partial charge in [0, 0.05) is 0 Å². The van der Waals surface area contributed by atoms with Crippen molar-refractivity contribution in [2.75, 3.05) is 6.16 Å². The third-order valence-corrected chi connectivity index (χ3v) is 2.05. The minimum atomic E-state index is 0.833. The van der Waals surface area contributed by atoms with Crippen LogP contribution in [-0.4, -0.2) is 6.16 Å². The fourth-order valence-corrected chi connectivity index (χ4v) is 1.64. The standard InChI is InChI=1S/C4H11PS/c1-4(2)3-5-6/h4-6H,3H2,1-2H3. The van der Waals surface area contributed by atoms with Crippen molar-refractivity contribution in [1.82, 2.24) is 0 Å². The molecule has 0 aliphatic heterocycles. The van der Waals surface area contributed by atoms with Gasteiger partial charge in [-0.05, 0) is 12.1 Å². The van der Waals surface area contributed by atoms with E-state index in [-0.39, 0.29) is 0 Å². The van der Waals surface area contributed by atoms with E-state index in [1.807, 2.05) is 0 Å². The lowest BCUT2D eigenvalue weighted by molar-refractivity contribution is 0.750. The molecule has 0 aromatic rings. The van der Waals surface area contributed by atoms with Crippen molar-refractivity contribution in [1.29, 1.82) is 0 Å². The average molecular weight is 122 g/mol. The van der Waals surface area contributed by atoms with E-state index in [1.54, 1.807) is 0 Å². The molecule has 0 bridgehead atoms. The number of hydrogen-bond acceptors (Lipinski definition) is 1. The lowest BCUT2D eigenvalue weighted by atomic mass is 10.3. The lowest BCUT2D eigenvalue weighted by Gasteiger charge is -1.95. The number of rotatable bonds is 2. The Bertz CT molecular complexity index is 28.7. The minimum absolute atomic E-state index is 0.833. The lowest BCUT2D eigenvalue weighted by Crippen LogP contribution is -1.84. The molecule has 0 saturated heterocycles. The molecular weight excluding hydrogens is 111 g/mol. The molecule has 6 heavy (non-hydrogen) atoms. The van der Waals surface area contributed by atoms with Gasteiger partial charge in [0.2, 0.25) is 0 Å². The zero-order chi connectivity index (χ0) is 4.99. The van der Waals surface area contributed by atoms with Gasteiger partial charge in [-0.25, -0.2) is 0 Å². The van der Waals surface area contributed by atoms with Crippen LogP contribution in [0, 0.1) is 5.92 Å². The van der Waals surface area contributed by atoms with Gasteiger partial charge in [-0.15, -0.1) is 0 Å². The summed E-state index contributed by atoms with van der Waals surface area (Å²) in [4.78, 5) is 0. The second-order valence-corrected chi connectivity index (χ2v) is 3.43. The van der Waals surface area contributed by atoms with Crippen LogP contribution in [0.4, 0.5) is 0 Å². The molecule has 0 rings (SSSR count). The highest BCUT2D eigenvalue weighted by Crippen LogP contribution is 2.17. The van der Waals surface area contributed by atoms with E-state index < -0.39 is 0 Å². The van der Waals surface area contributed by atoms with Gasteiger partial charge in [0.05, 0.1) is 0 Å². The molecule has 0 aromatic carbocycles. The van der Waals surface area contributed by atoms with Crippen molar-refractivity contribution in [3.8, 4) is 0 Å². The molecule has 0 aliphatic rings. The Labute approximate surface area is 46.7 Å². The fraction of sp³-hybridized carbons (Fsp3) is 1.00. The molecule has 0 heterocycles. The summed E-state index contributed by atoms with van der Waals surface area (Å²) in [5.41, 5.74) is 0. The summed E-state index contributed by atoms with van der Waals surface area (Å²) >= 11 is 4.09. The molecule has 0 aromatic heterocycles. The first-order valence-electron chi connectivity index (χ1n) is 2.14. The van der Waals surface area contributed by atoms with Crippen LogP contribution in [0.25, 0.3) is 0 Å². The minimum Gasteiger partial charge on any atom is -0.155 e. The largest absolute Gasteiger partial charge is 0.155 e. The second kappa shape index (κ2) is 3.95. The van der Waals surface area contributed by atoms with Crippen LogP contribution >= 0.6 is 20.0 Å². The van der Waals surface area contributed by atoms with Gasteiger partial charge in [-0.1, -0.05) is 21.6 Å². The predicted molar refractivity (Wildman–Crippen MR) is 37.0 cm³/mol. The van der Waals surface area contributed by atoms with Crippen LogP contribution in [0.1, 0.15) is 13.8 Å². The van der Waals surface area contributed by atoms with E-state index in [0.717, 1.165) is 13.7 Å². The quantitative estimate of drug-likeness (QED) is 0.421. The maximum atomic E-state index is 4.09. The summed E-state index contributed by atoms with van der Waals surface area (Å²) in [7, 11) is 0.833. The molecular formula is C4H11PS. The summed E-state index contributed by atoms with van der Waals surface area (Å²) in [6.07, 6.45) is 1.27. The summed E-state index contributed by atoms with van der Waals surface area (Å²) in [6, 6.07) is 0. The maximum absolute atomic E-state index is 4.09. The Morgan fingerprint density at radius 1 is 1.67 bits per heavy atom. The fourth-order valence-electron chi connectivity index (χ4n) is 0.183. The molecule has 0 aliphatic carbocycles. The van der Waals surface area contributed by atoms with Gasteiger partial charge in [-0.2, -0.15) is 12.2 Å². The molecule has 0 spiro atoms. The van der Waals surface area contributed by atoms with Crippen molar-refractivity contribution < 1.29 is 0 Å². The molecule has 0 nitrogen and oxygen atoms in total. The summed E-state index contributed by atoms with van der Waals surface area (Å²) in [6.45, 7) is 4.42. The van der Waals surface area contributed by atoms with Gasteiger partial charge < -0.3 is 0 Å². The van der Waals surface area contributed by atoms with Crippen molar-refractivity contribution >= 4 is 20.0 Å².